The number of benzene rings is 2. The monoisotopic (exact) mass is 327 g/mol. The van der Waals surface area contributed by atoms with Gasteiger partial charge in [-0.3, -0.25) is 4.79 Å². The van der Waals surface area contributed by atoms with Crippen LogP contribution < -0.4 is 14.2 Å². The van der Waals surface area contributed by atoms with Crippen molar-refractivity contribution in [3.8, 4) is 17.2 Å². The maximum Gasteiger partial charge on any atom is 0.253 e. The van der Waals surface area contributed by atoms with Gasteiger partial charge in [0, 0.05) is 12.1 Å². The minimum absolute atomic E-state index is 0.0254. The summed E-state index contributed by atoms with van der Waals surface area (Å²) in [5, 5.41) is 0. The van der Waals surface area contributed by atoms with Gasteiger partial charge < -0.3 is 19.1 Å². The minimum atomic E-state index is -0.179. The fraction of sp³-hybridized carbons (Fsp3) is 0.316. The number of hydrogen-bond acceptors (Lipinski definition) is 4. The fourth-order valence-corrected chi connectivity index (χ4v) is 2.67. The maximum absolute atomic E-state index is 12.7. The van der Waals surface area contributed by atoms with Gasteiger partial charge in [0.15, 0.2) is 17.6 Å². The molecule has 24 heavy (non-hydrogen) atoms. The molecule has 0 bridgehead atoms. The van der Waals surface area contributed by atoms with Crippen LogP contribution >= 0.6 is 0 Å². The summed E-state index contributed by atoms with van der Waals surface area (Å²) < 4.78 is 16.8. The number of fused-ring (bicyclic) bond motifs is 1. The van der Waals surface area contributed by atoms with E-state index >= 15 is 0 Å². The molecule has 1 heterocycles. The first-order chi connectivity index (χ1) is 11.7. The summed E-state index contributed by atoms with van der Waals surface area (Å²) >= 11 is 0. The maximum atomic E-state index is 12.7. The topological polar surface area (TPSA) is 48.0 Å². The Hall–Kier alpha value is -2.69. The quantitative estimate of drug-likeness (QED) is 0.847. The minimum Gasteiger partial charge on any atom is -0.497 e. The molecule has 2 aromatic carbocycles. The van der Waals surface area contributed by atoms with Crippen molar-refractivity contribution >= 4 is 5.91 Å². The van der Waals surface area contributed by atoms with Crippen LogP contribution in [0.25, 0.3) is 0 Å². The molecule has 1 atom stereocenters. The van der Waals surface area contributed by atoms with Crippen molar-refractivity contribution in [3.63, 3.8) is 0 Å². The molecule has 5 nitrogen and oxygen atoms in total. The van der Waals surface area contributed by atoms with Gasteiger partial charge in [-0.25, -0.2) is 0 Å². The number of amides is 1. The van der Waals surface area contributed by atoms with Crippen molar-refractivity contribution in [3.05, 3.63) is 54.1 Å². The highest BCUT2D eigenvalue weighted by molar-refractivity contribution is 5.94. The standard InChI is InChI=1S/C19H21NO4/c1-3-20(19(21)14-8-10-15(22-2)11-9-14)12-16-13-23-17-6-4-5-7-18(17)24-16/h4-11,16H,3,12-13H2,1-2H3/t16-/m1/s1. The van der Waals surface area contributed by atoms with Crippen LogP contribution in [0.2, 0.25) is 0 Å². The van der Waals surface area contributed by atoms with Gasteiger partial charge >= 0.3 is 0 Å². The predicted octanol–water partition coefficient (Wildman–Crippen LogP) is 3.00. The van der Waals surface area contributed by atoms with Crippen LogP contribution in [0.1, 0.15) is 17.3 Å². The zero-order valence-electron chi connectivity index (χ0n) is 13.9. The Labute approximate surface area is 141 Å². The molecular formula is C19H21NO4. The Morgan fingerprint density at radius 1 is 1.17 bits per heavy atom. The van der Waals surface area contributed by atoms with Gasteiger partial charge in [-0.15, -0.1) is 0 Å². The van der Waals surface area contributed by atoms with Crippen LogP contribution in [0.4, 0.5) is 0 Å². The second-order valence-electron chi connectivity index (χ2n) is 5.57. The Balaban J connectivity index is 1.67. The average Bonchev–Trinajstić information content (AvgIpc) is 2.65. The Morgan fingerprint density at radius 2 is 1.88 bits per heavy atom. The molecule has 0 N–H and O–H groups in total. The lowest BCUT2D eigenvalue weighted by atomic mass is 10.1. The lowest BCUT2D eigenvalue weighted by Crippen LogP contribution is -2.43. The molecule has 126 valence electrons. The third-order valence-corrected chi connectivity index (χ3v) is 4.00. The molecule has 2 aromatic rings. The predicted molar refractivity (Wildman–Crippen MR) is 90.9 cm³/mol. The number of carbonyl (C=O) groups is 1. The molecular weight excluding hydrogens is 306 g/mol. The van der Waals surface area contributed by atoms with Crippen molar-refractivity contribution < 1.29 is 19.0 Å². The second kappa shape index (κ2) is 7.25. The summed E-state index contributed by atoms with van der Waals surface area (Å²) in [7, 11) is 1.60. The van der Waals surface area contributed by atoms with Gasteiger partial charge in [-0.05, 0) is 43.3 Å². The van der Waals surface area contributed by atoms with Crippen LogP contribution in [0.15, 0.2) is 48.5 Å². The lowest BCUT2D eigenvalue weighted by Gasteiger charge is -2.31. The third-order valence-electron chi connectivity index (χ3n) is 4.00. The number of para-hydroxylation sites is 2. The van der Waals surface area contributed by atoms with E-state index < -0.39 is 0 Å². The molecule has 0 saturated carbocycles. The summed E-state index contributed by atoms with van der Waals surface area (Å²) in [5.41, 5.74) is 0.634. The van der Waals surface area contributed by atoms with E-state index in [-0.39, 0.29) is 12.0 Å². The lowest BCUT2D eigenvalue weighted by molar-refractivity contribution is 0.0475. The van der Waals surface area contributed by atoms with E-state index in [1.165, 1.54) is 0 Å². The normalized spacial score (nSPS) is 15.7. The Morgan fingerprint density at radius 3 is 2.54 bits per heavy atom. The van der Waals surface area contributed by atoms with Crippen LogP contribution in [0.5, 0.6) is 17.2 Å². The van der Waals surface area contributed by atoms with Crippen molar-refractivity contribution in [2.24, 2.45) is 0 Å². The number of rotatable bonds is 5. The van der Waals surface area contributed by atoms with Gasteiger partial charge in [0.25, 0.3) is 5.91 Å². The third kappa shape index (κ3) is 3.45. The first-order valence-electron chi connectivity index (χ1n) is 8.03. The second-order valence-corrected chi connectivity index (χ2v) is 5.57. The molecule has 0 spiro atoms. The van der Waals surface area contributed by atoms with Gasteiger partial charge in [0.05, 0.1) is 13.7 Å². The number of nitrogens with zero attached hydrogens (tertiary/aromatic N) is 1. The highest BCUT2D eigenvalue weighted by Gasteiger charge is 2.25. The average molecular weight is 327 g/mol. The Kier molecular flexibility index (Phi) is 4.89. The number of hydrogen-bond donors (Lipinski definition) is 0. The highest BCUT2D eigenvalue weighted by Crippen LogP contribution is 2.31. The SMILES string of the molecule is CCN(C[C@@H]1COc2ccccc2O1)C(=O)c1ccc(OC)cc1. The van der Waals surface area contributed by atoms with E-state index in [9.17, 15) is 4.79 Å². The van der Waals surface area contributed by atoms with Crippen molar-refractivity contribution in [1.82, 2.24) is 4.90 Å². The van der Waals surface area contributed by atoms with Crippen molar-refractivity contribution in [1.29, 1.82) is 0 Å². The van der Waals surface area contributed by atoms with Gasteiger partial charge in [-0.2, -0.15) is 0 Å². The van der Waals surface area contributed by atoms with E-state index in [0.717, 1.165) is 17.2 Å². The number of ether oxygens (including phenoxy) is 3. The molecule has 0 fully saturated rings. The largest absolute Gasteiger partial charge is 0.497 e. The first-order valence-corrected chi connectivity index (χ1v) is 8.03. The van der Waals surface area contributed by atoms with Gasteiger partial charge in [0.2, 0.25) is 0 Å². The van der Waals surface area contributed by atoms with Gasteiger partial charge in [0.1, 0.15) is 12.4 Å². The van der Waals surface area contributed by atoms with E-state index in [1.54, 1.807) is 36.3 Å². The van der Waals surface area contributed by atoms with Crippen LogP contribution in [0, 0.1) is 0 Å². The molecule has 3 rings (SSSR count). The molecule has 0 radical (unpaired) electrons. The summed E-state index contributed by atoms with van der Waals surface area (Å²) in [5.74, 6) is 2.18. The van der Waals surface area contributed by atoms with Crippen molar-refractivity contribution in [2.75, 3.05) is 26.8 Å². The zero-order valence-corrected chi connectivity index (χ0v) is 13.9. The summed E-state index contributed by atoms with van der Waals surface area (Å²) in [6.45, 7) is 3.48. The summed E-state index contributed by atoms with van der Waals surface area (Å²) in [4.78, 5) is 14.5. The molecule has 1 aliphatic rings. The van der Waals surface area contributed by atoms with Crippen molar-refractivity contribution in [2.45, 2.75) is 13.0 Å². The van der Waals surface area contributed by atoms with Crippen LogP contribution in [-0.4, -0.2) is 43.7 Å². The van der Waals surface area contributed by atoms with E-state index in [0.29, 0.717) is 25.3 Å². The first kappa shape index (κ1) is 16.2. The number of carbonyl (C=O) groups excluding carboxylic acids is 1. The van der Waals surface area contributed by atoms with Crippen LogP contribution in [0.3, 0.4) is 0 Å². The molecule has 5 heteroatoms. The highest BCUT2D eigenvalue weighted by atomic mass is 16.6. The van der Waals surface area contributed by atoms with Gasteiger partial charge in [-0.1, -0.05) is 12.1 Å². The molecule has 1 amide bonds. The summed E-state index contributed by atoms with van der Waals surface area (Å²) in [6, 6.07) is 14.7. The molecule has 1 aliphatic heterocycles. The van der Waals surface area contributed by atoms with E-state index in [1.807, 2.05) is 31.2 Å². The van der Waals surface area contributed by atoms with E-state index in [2.05, 4.69) is 0 Å². The molecule has 0 aromatic heterocycles. The van der Waals surface area contributed by atoms with E-state index in [4.69, 9.17) is 14.2 Å². The zero-order chi connectivity index (χ0) is 16.9. The number of methoxy groups -OCH3 is 1. The smallest absolute Gasteiger partial charge is 0.253 e. The molecule has 0 unspecified atom stereocenters. The molecule has 0 aliphatic carbocycles. The fourth-order valence-electron chi connectivity index (χ4n) is 2.67. The summed E-state index contributed by atoms with van der Waals surface area (Å²) in [6.07, 6.45) is -0.179. The number of likely N-dealkylation sites (N-methyl/N-ethyl adjacent to an activating group) is 1. The Bertz CT molecular complexity index is 699. The van der Waals surface area contributed by atoms with Crippen LogP contribution in [-0.2, 0) is 0 Å². The molecule has 0 saturated heterocycles.